The fourth-order valence-electron chi connectivity index (χ4n) is 4.92. The topological polar surface area (TPSA) is 67.6 Å². The molecule has 0 amide bonds. The fraction of sp³-hybridized carbons (Fsp3) is 0.464. The molecule has 2 aromatic carbocycles. The Kier molecular flexibility index (Phi) is 7.63. The Bertz CT molecular complexity index is 1230. The van der Waals surface area contributed by atoms with Gasteiger partial charge in [-0.05, 0) is 37.6 Å². The third-order valence-corrected chi connectivity index (χ3v) is 6.89. The van der Waals surface area contributed by atoms with Crippen LogP contribution in [0.15, 0.2) is 51.7 Å². The molecular formula is C28H35N3O5. The minimum Gasteiger partial charge on any atom is -0.492 e. The molecule has 36 heavy (non-hydrogen) atoms. The fourth-order valence-corrected chi connectivity index (χ4v) is 4.92. The van der Waals surface area contributed by atoms with Crippen molar-refractivity contribution in [1.29, 1.82) is 0 Å². The number of rotatable bonds is 8. The van der Waals surface area contributed by atoms with Gasteiger partial charge in [0.15, 0.2) is 0 Å². The normalized spacial score (nSPS) is 16.9. The van der Waals surface area contributed by atoms with E-state index in [1.807, 2.05) is 44.2 Å². The summed E-state index contributed by atoms with van der Waals surface area (Å²) in [5, 5.41) is 0.559. The van der Waals surface area contributed by atoms with Crippen LogP contribution in [0.5, 0.6) is 11.5 Å². The summed E-state index contributed by atoms with van der Waals surface area (Å²) in [6.45, 7) is 12.0. The van der Waals surface area contributed by atoms with Gasteiger partial charge < -0.3 is 28.4 Å². The first-order chi connectivity index (χ1) is 17.7. The first kappa shape index (κ1) is 24.5. The van der Waals surface area contributed by atoms with Gasteiger partial charge in [0, 0.05) is 45.8 Å². The second-order valence-corrected chi connectivity index (χ2v) is 9.19. The molecule has 3 aromatic rings. The van der Waals surface area contributed by atoms with Crippen molar-refractivity contribution in [1.82, 2.24) is 4.90 Å². The van der Waals surface area contributed by atoms with Crippen LogP contribution in [-0.4, -0.2) is 77.1 Å². The lowest BCUT2D eigenvalue weighted by molar-refractivity contribution is 0.120. The molecule has 0 saturated carbocycles. The molecule has 3 heterocycles. The number of anilines is 2. The molecule has 0 bridgehead atoms. The van der Waals surface area contributed by atoms with E-state index in [1.165, 1.54) is 0 Å². The van der Waals surface area contributed by atoms with Crippen LogP contribution in [0.25, 0.3) is 11.0 Å². The number of ether oxygens (including phenoxy) is 3. The number of nitrogens with zero attached hydrogens (tertiary/aromatic N) is 3. The maximum Gasteiger partial charge on any atom is 0.243 e. The zero-order valence-corrected chi connectivity index (χ0v) is 21.2. The van der Waals surface area contributed by atoms with E-state index in [-0.39, 0.29) is 5.43 Å². The third kappa shape index (κ3) is 5.15. The van der Waals surface area contributed by atoms with E-state index >= 15 is 0 Å². The summed E-state index contributed by atoms with van der Waals surface area (Å²) in [7, 11) is 0. The standard InChI is InChI=1S/C28H35N3O5/c1-3-34-24-10-5-4-9-23(24)30-13-11-29(12-14-30)15-20-35-27-25(32)22-8-6-7-21(2)26(22)36-28(27)31-16-18-33-19-17-31/h4-10H,3,11-20H2,1-2H3. The summed E-state index contributed by atoms with van der Waals surface area (Å²) >= 11 is 0. The average molecular weight is 494 g/mol. The van der Waals surface area contributed by atoms with Crippen LogP contribution < -0.4 is 24.7 Å². The molecule has 8 nitrogen and oxygen atoms in total. The third-order valence-electron chi connectivity index (χ3n) is 6.89. The zero-order chi connectivity index (χ0) is 24.9. The minimum atomic E-state index is -0.112. The van der Waals surface area contributed by atoms with Crippen molar-refractivity contribution in [2.24, 2.45) is 0 Å². The molecule has 0 aliphatic carbocycles. The van der Waals surface area contributed by atoms with Gasteiger partial charge in [0.05, 0.1) is 30.9 Å². The molecule has 192 valence electrons. The van der Waals surface area contributed by atoms with Crippen molar-refractivity contribution in [2.45, 2.75) is 13.8 Å². The van der Waals surface area contributed by atoms with Gasteiger partial charge in [0.1, 0.15) is 17.9 Å². The highest BCUT2D eigenvalue weighted by Gasteiger charge is 2.25. The first-order valence-corrected chi connectivity index (χ1v) is 12.9. The average Bonchev–Trinajstić information content (AvgIpc) is 2.92. The molecule has 2 aliphatic heterocycles. The highest BCUT2D eigenvalue weighted by atomic mass is 16.5. The van der Waals surface area contributed by atoms with Crippen molar-refractivity contribution in [3.63, 3.8) is 0 Å². The summed E-state index contributed by atoms with van der Waals surface area (Å²) in [5.41, 5.74) is 2.60. The first-order valence-electron chi connectivity index (χ1n) is 12.9. The highest BCUT2D eigenvalue weighted by molar-refractivity contribution is 5.83. The number of aryl methyl sites for hydroxylation is 1. The molecule has 2 fully saturated rings. The van der Waals surface area contributed by atoms with Gasteiger partial charge in [-0.25, -0.2) is 0 Å². The van der Waals surface area contributed by atoms with Crippen LogP contribution in [-0.2, 0) is 4.74 Å². The Morgan fingerprint density at radius 1 is 0.889 bits per heavy atom. The number of hydrogen-bond acceptors (Lipinski definition) is 8. The van der Waals surface area contributed by atoms with E-state index in [9.17, 15) is 4.79 Å². The Balaban J connectivity index is 1.26. The Hall–Kier alpha value is -3.23. The van der Waals surface area contributed by atoms with E-state index in [2.05, 4.69) is 26.8 Å². The van der Waals surface area contributed by atoms with Crippen LogP contribution in [0.4, 0.5) is 11.6 Å². The number of fused-ring (bicyclic) bond motifs is 1. The van der Waals surface area contributed by atoms with E-state index < -0.39 is 0 Å². The molecular weight excluding hydrogens is 458 g/mol. The lowest BCUT2D eigenvalue weighted by Gasteiger charge is -2.36. The predicted molar refractivity (Wildman–Crippen MR) is 142 cm³/mol. The predicted octanol–water partition coefficient (Wildman–Crippen LogP) is 3.54. The van der Waals surface area contributed by atoms with E-state index in [0.717, 1.165) is 49.7 Å². The van der Waals surface area contributed by atoms with Crippen molar-refractivity contribution in [2.75, 3.05) is 82.0 Å². The van der Waals surface area contributed by atoms with Crippen molar-refractivity contribution >= 4 is 22.5 Å². The van der Waals surface area contributed by atoms with Gasteiger partial charge in [-0.2, -0.15) is 0 Å². The summed E-state index contributed by atoms with van der Waals surface area (Å²) < 4.78 is 23.8. The molecule has 1 aromatic heterocycles. The summed E-state index contributed by atoms with van der Waals surface area (Å²) in [6, 6.07) is 13.9. The largest absolute Gasteiger partial charge is 0.492 e. The Labute approximate surface area is 211 Å². The zero-order valence-electron chi connectivity index (χ0n) is 21.2. The molecule has 0 atom stereocenters. The van der Waals surface area contributed by atoms with Gasteiger partial charge in [-0.3, -0.25) is 9.69 Å². The summed E-state index contributed by atoms with van der Waals surface area (Å²) in [4.78, 5) is 20.2. The van der Waals surface area contributed by atoms with Crippen LogP contribution in [0.2, 0.25) is 0 Å². The van der Waals surface area contributed by atoms with Gasteiger partial charge in [0.25, 0.3) is 0 Å². The number of para-hydroxylation sites is 3. The Morgan fingerprint density at radius 3 is 2.44 bits per heavy atom. The van der Waals surface area contributed by atoms with Gasteiger partial charge >= 0.3 is 0 Å². The van der Waals surface area contributed by atoms with Gasteiger partial charge in [-0.1, -0.05) is 24.3 Å². The maximum absolute atomic E-state index is 13.4. The SMILES string of the molecule is CCOc1ccccc1N1CCN(CCOc2c(N3CCOCC3)oc3c(C)cccc3c2=O)CC1. The number of hydrogen-bond donors (Lipinski definition) is 0. The maximum atomic E-state index is 13.4. The minimum absolute atomic E-state index is 0.112. The van der Waals surface area contributed by atoms with Crippen molar-refractivity contribution < 1.29 is 18.6 Å². The Morgan fingerprint density at radius 2 is 1.67 bits per heavy atom. The van der Waals surface area contributed by atoms with Crippen LogP contribution in [0.3, 0.4) is 0 Å². The number of benzene rings is 2. The summed E-state index contributed by atoms with van der Waals surface area (Å²) in [6.07, 6.45) is 0. The second-order valence-electron chi connectivity index (χ2n) is 9.19. The van der Waals surface area contributed by atoms with Crippen LogP contribution in [0, 0.1) is 6.92 Å². The van der Waals surface area contributed by atoms with E-state index in [0.29, 0.717) is 62.1 Å². The molecule has 2 aliphatic rings. The number of morpholine rings is 1. The summed E-state index contributed by atoms with van der Waals surface area (Å²) in [5.74, 6) is 1.76. The number of piperazine rings is 1. The van der Waals surface area contributed by atoms with E-state index in [1.54, 1.807) is 0 Å². The molecule has 0 spiro atoms. The monoisotopic (exact) mass is 493 g/mol. The smallest absolute Gasteiger partial charge is 0.243 e. The highest BCUT2D eigenvalue weighted by Crippen LogP contribution is 2.32. The quantitative estimate of drug-likeness (QED) is 0.472. The molecule has 5 rings (SSSR count). The second kappa shape index (κ2) is 11.2. The molecule has 0 unspecified atom stereocenters. The lowest BCUT2D eigenvalue weighted by atomic mass is 10.1. The van der Waals surface area contributed by atoms with Crippen LogP contribution >= 0.6 is 0 Å². The van der Waals surface area contributed by atoms with Crippen LogP contribution in [0.1, 0.15) is 12.5 Å². The van der Waals surface area contributed by atoms with Crippen molar-refractivity contribution in [3.05, 3.63) is 58.3 Å². The van der Waals surface area contributed by atoms with Crippen molar-refractivity contribution in [3.8, 4) is 11.5 Å². The van der Waals surface area contributed by atoms with E-state index in [4.69, 9.17) is 18.6 Å². The lowest BCUT2D eigenvalue weighted by Crippen LogP contribution is -2.47. The van der Waals surface area contributed by atoms with Gasteiger partial charge in [0.2, 0.25) is 17.1 Å². The van der Waals surface area contributed by atoms with Gasteiger partial charge in [-0.15, -0.1) is 0 Å². The molecule has 0 radical (unpaired) electrons. The molecule has 0 N–H and O–H groups in total. The molecule has 2 saturated heterocycles. The molecule has 8 heteroatoms.